The number of thiazole rings is 1. The van der Waals surface area contributed by atoms with E-state index >= 15 is 0 Å². The Kier molecular flexibility index (Phi) is 3.79. The molecule has 3 rings (SSSR count). The molecule has 1 aromatic carbocycles. The van der Waals surface area contributed by atoms with Crippen LogP contribution < -0.4 is 5.32 Å². The molecule has 2 nitrogen and oxygen atoms in total. The highest BCUT2D eigenvalue weighted by molar-refractivity contribution is 7.13. The standard InChI is InChI=1S/C17H22N2S/c1-17(2)9-4-3-8-15(17)19-14-7-5-6-13(12-14)16-18-10-11-20-16/h5-7,10-12,15,19H,3-4,8-9H2,1-2H3. The summed E-state index contributed by atoms with van der Waals surface area (Å²) in [6.45, 7) is 4.77. The fraction of sp³-hybridized carbons (Fsp3) is 0.471. The molecule has 1 aliphatic carbocycles. The molecule has 20 heavy (non-hydrogen) atoms. The average molecular weight is 286 g/mol. The van der Waals surface area contributed by atoms with Crippen LogP contribution in [0.3, 0.4) is 0 Å². The van der Waals surface area contributed by atoms with Gasteiger partial charge in [-0.15, -0.1) is 11.3 Å². The van der Waals surface area contributed by atoms with Crippen molar-refractivity contribution in [2.75, 3.05) is 5.32 Å². The monoisotopic (exact) mass is 286 g/mol. The molecule has 1 atom stereocenters. The van der Waals surface area contributed by atoms with E-state index in [1.54, 1.807) is 11.3 Å². The Balaban J connectivity index is 1.79. The molecule has 0 spiro atoms. The predicted molar refractivity (Wildman–Crippen MR) is 87.2 cm³/mol. The highest BCUT2D eigenvalue weighted by Gasteiger charge is 2.31. The number of nitrogens with zero attached hydrogens (tertiary/aromatic N) is 1. The Morgan fingerprint density at radius 2 is 2.20 bits per heavy atom. The number of aromatic nitrogens is 1. The number of benzene rings is 1. The fourth-order valence-electron chi connectivity index (χ4n) is 3.07. The minimum absolute atomic E-state index is 0.384. The normalized spacial score (nSPS) is 21.6. The average Bonchev–Trinajstić information content (AvgIpc) is 2.96. The Morgan fingerprint density at radius 3 is 2.95 bits per heavy atom. The Hall–Kier alpha value is -1.35. The molecule has 1 fully saturated rings. The lowest BCUT2D eigenvalue weighted by Crippen LogP contribution is -2.38. The summed E-state index contributed by atoms with van der Waals surface area (Å²) in [6.07, 6.45) is 7.16. The van der Waals surface area contributed by atoms with Crippen LogP contribution in [-0.2, 0) is 0 Å². The number of anilines is 1. The van der Waals surface area contributed by atoms with Gasteiger partial charge in [-0.2, -0.15) is 0 Å². The van der Waals surface area contributed by atoms with Crippen LogP contribution in [0.2, 0.25) is 0 Å². The molecule has 1 aromatic heterocycles. The van der Waals surface area contributed by atoms with E-state index in [1.807, 2.05) is 11.6 Å². The van der Waals surface area contributed by atoms with Crippen LogP contribution in [0.5, 0.6) is 0 Å². The molecule has 0 aliphatic heterocycles. The highest BCUT2D eigenvalue weighted by Crippen LogP contribution is 2.37. The van der Waals surface area contributed by atoms with Crippen LogP contribution in [0.4, 0.5) is 5.69 Å². The lowest BCUT2D eigenvalue weighted by molar-refractivity contribution is 0.217. The summed E-state index contributed by atoms with van der Waals surface area (Å²) < 4.78 is 0. The van der Waals surface area contributed by atoms with Gasteiger partial charge in [0.1, 0.15) is 5.01 Å². The zero-order chi connectivity index (χ0) is 14.0. The van der Waals surface area contributed by atoms with Gasteiger partial charge in [0.2, 0.25) is 0 Å². The topological polar surface area (TPSA) is 24.9 Å². The van der Waals surface area contributed by atoms with Gasteiger partial charge in [-0.1, -0.05) is 38.8 Å². The molecule has 0 bridgehead atoms. The maximum absolute atomic E-state index is 4.39. The van der Waals surface area contributed by atoms with E-state index in [1.165, 1.54) is 36.9 Å². The first-order chi connectivity index (χ1) is 9.65. The summed E-state index contributed by atoms with van der Waals surface area (Å²) in [5, 5.41) is 6.87. The third kappa shape index (κ3) is 2.88. The summed E-state index contributed by atoms with van der Waals surface area (Å²) in [7, 11) is 0. The second-order valence-corrected chi connectivity index (χ2v) is 7.24. The van der Waals surface area contributed by atoms with E-state index in [-0.39, 0.29) is 0 Å². The Morgan fingerprint density at radius 1 is 1.30 bits per heavy atom. The van der Waals surface area contributed by atoms with E-state index in [0.717, 1.165) is 5.01 Å². The van der Waals surface area contributed by atoms with Crippen molar-refractivity contribution < 1.29 is 0 Å². The Bertz CT molecular complexity index is 560. The van der Waals surface area contributed by atoms with Crippen LogP contribution in [-0.4, -0.2) is 11.0 Å². The molecule has 1 aliphatic rings. The van der Waals surface area contributed by atoms with E-state index in [9.17, 15) is 0 Å². The molecule has 0 amide bonds. The molecule has 1 saturated carbocycles. The largest absolute Gasteiger partial charge is 0.382 e. The molecule has 0 saturated heterocycles. The van der Waals surface area contributed by atoms with E-state index in [0.29, 0.717) is 11.5 Å². The molecule has 1 N–H and O–H groups in total. The number of hydrogen-bond acceptors (Lipinski definition) is 3. The molecule has 2 aromatic rings. The van der Waals surface area contributed by atoms with Crippen LogP contribution in [0.1, 0.15) is 39.5 Å². The predicted octanol–water partition coefficient (Wildman–Crippen LogP) is 5.19. The molecule has 106 valence electrons. The van der Waals surface area contributed by atoms with Gasteiger partial charge in [0.05, 0.1) is 0 Å². The summed E-state index contributed by atoms with van der Waals surface area (Å²) >= 11 is 1.69. The van der Waals surface area contributed by atoms with Crippen LogP contribution in [0.15, 0.2) is 35.8 Å². The van der Waals surface area contributed by atoms with Crippen molar-refractivity contribution in [1.29, 1.82) is 0 Å². The first-order valence-corrected chi connectivity index (χ1v) is 8.30. The van der Waals surface area contributed by atoms with Crippen LogP contribution >= 0.6 is 11.3 Å². The zero-order valence-corrected chi connectivity index (χ0v) is 13.0. The summed E-state index contributed by atoms with van der Waals surface area (Å²) in [4.78, 5) is 4.39. The van der Waals surface area contributed by atoms with Gasteiger partial charge < -0.3 is 5.32 Å². The van der Waals surface area contributed by atoms with Crippen molar-refractivity contribution in [3.63, 3.8) is 0 Å². The van der Waals surface area contributed by atoms with Gasteiger partial charge in [-0.05, 0) is 30.4 Å². The Labute approximate surface area is 125 Å². The van der Waals surface area contributed by atoms with E-state index < -0.39 is 0 Å². The minimum Gasteiger partial charge on any atom is -0.382 e. The maximum atomic E-state index is 4.39. The van der Waals surface area contributed by atoms with Crippen molar-refractivity contribution in [2.45, 2.75) is 45.6 Å². The number of nitrogens with one attached hydrogen (secondary N) is 1. The summed E-state index contributed by atoms with van der Waals surface area (Å²) in [6, 6.07) is 9.22. The summed E-state index contributed by atoms with van der Waals surface area (Å²) in [5.41, 5.74) is 2.81. The second-order valence-electron chi connectivity index (χ2n) is 6.35. The van der Waals surface area contributed by atoms with Gasteiger partial charge >= 0.3 is 0 Å². The number of hydrogen-bond donors (Lipinski definition) is 1. The quantitative estimate of drug-likeness (QED) is 0.839. The smallest absolute Gasteiger partial charge is 0.123 e. The summed E-state index contributed by atoms with van der Waals surface area (Å²) in [5.74, 6) is 0. The molecule has 1 heterocycles. The lowest BCUT2D eigenvalue weighted by Gasteiger charge is -2.39. The van der Waals surface area contributed by atoms with Crippen molar-refractivity contribution in [3.8, 4) is 10.6 Å². The van der Waals surface area contributed by atoms with Gasteiger partial charge in [0, 0.05) is 28.9 Å². The first-order valence-electron chi connectivity index (χ1n) is 7.42. The fourth-order valence-corrected chi connectivity index (χ4v) is 3.71. The van der Waals surface area contributed by atoms with Crippen molar-refractivity contribution in [3.05, 3.63) is 35.8 Å². The van der Waals surface area contributed by atoms with Crippen LogP contribution in [0, 0.1) is 5.41 Å². The number of rotatable bonds is 3. The molecular formula is C17H22N2S. The lowest BCUT2D eigenvalue weighted by atomic mass is 9.73. The van der Waals surface area contributed by atoms with Crippen LogP contribution in [0.25, 0.3) is 10.6 Å². The van der Waals surface area contributed by atoms with Crippen molar-refractivity contribution in [2.24, 2.45) is 5.41 Å². The van der Waals surface area contributed by atoms with E-state index in [2.05, 4.69) is 48.4 Å². The molecule has 0 radical (unpaired) electrons. The molecule has 1 unspecified atom stereocenters. The zero-order valence-electron chi connectivity index (χ0n) is 12.2. The maximum Gasteiger partial charge on any atom is 0.123 e. The molecular weight excluding hydrogens is 264 g/mol. The SMILES string of the molecule is CC1(C)CCCCC1Nc1cccc(-c2nccs2)c1. The third-order valence-electron chi connectivity index (χ3n) is 4.39. The second kappa shape index (κ2) is 5.57. The van der Waals surface area contributed by atoms with Gasteiger partial charge in [-0.25, -0.2) is 4.98 Å². The van der Waals surface area contributed by atoms with Gasteiger partial charge in [0.15, 0.2) is 0 Å². The van der Waals surface area contributed by atoms with Gasteiger partial charge in [0.25, 0.3) is 0 Å². The third-order valence-corrected chi connectivity index (χ3v) is 5.21. The first kappa shape index (κ1) is 13.6. The van der Waals surface area contributed by atoms with E-state index in [4.69, 9.17) is 0 Å². The minimum atomic E-state index is 0.384. The highest BCUT2D eigenvalue weighted by atomic mass is 32.1. The van der Waals surface area contributed by atoms with Crippen molar-refractivity contribution in [1.82, 2.24) is 4.98 Å². The van der Waals surface area contributed by atoms with Gasteiger partial charge in [-0.3, -0.25) is 0 Å². The van der Waals surface area contributed by atoms with Crippen molar-refractivity contribution >= 4 is 17.0 Å². The molecule has 3 heteroatoms.